The van der Waals surface area contributed by atoms with Crippen molar-refractivity contribution in [2.75, 3.05) is 19.6 Å². The number of nitrogens with zero attached hydrogens (tertiary/aromatic N) is 1. The molecule has 1 atom stereocenters. The van der Waals surface area contributed by atoms with E-state index in [0.29, 0.717) is 19.1 Å². The molecule has 1 saturated carbocycles. The van der Waals surface area contributed by atoms with Gasteiger partial charge in [-0.05, 0) is 39.2 Å². The van der Waals surface area contributed by atoms with Gasteiger partial charge in [0.15, 0.2) is 0 Å². The van der Waals surface area contributed by atoms with Gasteiger partial charge in [-0.25, -0.2) is 0 Å². The minimum absolute atomic E-state index is 0.164. The number of nitrogens with one attached hydrogen (secondary N) is 1. The molecule has 4 heteroatoms. The Hall–Kier alpha value is -0.610. The van der Waals surface area contributed by atoms with Gasteiger partial charge in [-0.15, -0.1) is 0 Å². The van der Waals surface area contributed by atoms with Crippen LogP contribution in [-0.4, -0.2) is 42.5 Å². The van der Waals surface area contributed by atoms with Crippen LogP contribution in [0.15, 0.2) is 0 Å². The highest BCUT2D eigenvalue weighted by Gasteiger charge is 2.22. The van der Waals surface area contributed by atoms with Gasteiger partial charge in [0.1, 0.15) is 0 Å². The second-order valence-corrected chi connectivity index (χ2v) is 5.78. The van der Waals surface area contributed by atoms with Crippen LogP contribution >= 0.6 is 0 Å². The highest BCUT2D eigenvalue weighted by atomic mass is 16.2. The van der Waals surface area contributed by atoms with Gasteiger partial charge in [0, 0.05) is 18.6 Å². The Labute approximate surface area is 118 Å². The van der Waals surface area contributed by atoms with Crippen LogP contribution in [0.2, 0.25) is 0 Å². The summed E-state index contributed by atoms with van der Waals surface area (Å²) in [6, 6.07) is 0.859. The molecule has 19 heavy (non-hydrogen) atoms. The van der Waals surface area contributed by atoms with E-state index in [2.05, 4.69) is 24.1 Å². The number of carbonyl (C=O) groups is 1. The third kappa shape index (κ3) is 6.39. The summed E-state index contributed by atoms with van der Waals surface area (Å²) in [5.41, 5.74) is 5.61. The summed E-state index contributed by atoms with van der Waals surface area (Å²) in [6.07, 6.45) is 8.39. The number of hydrogen-bond acceptors (Lipinski definition) is 3. The molecule has 0 saturated heterocycles. The zero-order valence-corrected chi connectivity index (χ0v) is 12.7. The number of nitrogens with two attached hydrogens (primary N) is 1. The van der Waals surface area contributed by atoms with Gasteiger partial charge in [-0.2, -0.15) is 0 Å². The molecule has 1 fully saturated rings. The largest absolute Gasteiger partial charge is 0.353 e. The average molecular weight is 269 g/mol. The van der Waals surface area contributed by atoms with Crippen LogP contribution in [0.3, 0.4) is 0 Å². The van der Waals surface area contributed by atoms with Crippen molar-refractivity contribution in [1.82, 2.24) is 10.2 Å². The Balaban J connectivity index is 2.45. The van der Waals surface area contributed by atoms with Crippen molar-refractivity contribution in [3.05, 3.63) is 0 Å². The molecular weight excluding hydrogens is 238 g/mol. The molecule has 0 aliphatic heterocycles. The van der Waals surface area contributed by atoms with Crippen LogP contribution in [0, 0.1) is 0 Å². The Morgan fingerprint density at radius 3 is 2.63 bits per heavy atom. The minimum Gasteiger partial charge on any atom is -0.353 e. The van der Waals surface area contributed by atoms with Crippen molar-refractivity contribution in [3.63, 3.8) is 0 Å². The molecule has 0 aromatic carbocycles. The summed E-state index contributed by atoms with van der Waals surface area (Å²) in [5, 5.41) is 3.06. The predicted molar refractivity (Wildman–Crippen MR) is 80.0 cm³/mol. The van der Waals surface area contributed by atoms with Gasteiger partial charge in [-0.1, -0.05) is 26.2 Å². The second kappa shape index (κ2) is 9.32. The standard InChI is InChI=1S/C15H31N3O/c1-3-13(2)17-15(19)12-18(11-7-10-16)14-8-5-4-6-9-14/h13-14H,3-12,16H2,1-2H3,(H,17,19). The highest BCUT2D eigenvalue weighted by Crippen LogP contribution is 2.22. The molecule has 0 heterocycles. The zero-order chi connectivity index (χ0) is 14.1. The monoisotopic (exact) mass is 269 g/mol. The third-order valence-electron chi connectivity index (χ3n) is 4.11. The van der Waals surface area contributed by atoms with Gasteiger partial charge < -0.3 is 11.1 Å². The maximum Gasteiger partial charge on any atom is 0.234 e. The van der Waals surface area contributed by atoms with E-state index < -0.39 is 0 Å². The van der Waals surface area contributed by atoms with Crippen LogP contribution in [0.25, 0.3) is 0 Å². The summed E-state index contributed by atoms with van der Waals surface area (Å²) in [7, 11) is 0. The minimum atomic E-state index is 0.164. The van der Waals surface area contributed by atoms with E-state index in [0.717, 1.165) is 19.4 Å². The molecule has 1 aliphatic rings. The van der Waals surface area contributed by atoms with Crippen LogP contribution in [0.4, 0.5) is 0 Å². The lowest BCUT2D eigenvalue weighted by Gasteiger charge is -2.34. The van der Waals surface area contributed by atoms with Gasteiger partial charge in [0.05, 0.1) is 6.54 Å². The molecular formula is C15H31N3O. The summed E-state index contributed by atoms with van der Waals surface area (Å²) >= 11 is 0. The molecule has 1 unspecified atom stereocenters. The topological polar surface area (TPSA) is 58.4 Å². The molecule has 1 rings (SSSR count). The van der Waals surface area contributed by atoms with Gasteiger partial charge in [-0.3, -0.25) is 9.69 Å². The SMILES string of the molecule is CCC(C)NC(=O)CN(CCCN)C1CCCCC1. The summed E-state index contributed by atoms with van der Waals surface area (Å²) in [4.78, 5) is 14.4. The third-order valence-corrected chi connectivity index (χ3v) is 4.11. The number of hydrogen-bond donors (Lipinski definition) is 2. The first-order valence-corrected chi connectivity index (χ1v) is 7.90. The number of carbonyl (C=O) groups excluding carboxylic acids is 1. The molecule has 4 nitrogen and oxygen atoms in total. The Morgan fingerprint density at radius 1 is 1.37 bits per heavy atom. The van der Waals surface area contributed by atoms with Crippen LogP contribution < -0.4 is 11.1 Å². The van der Waals surface area contributed by atoms with E-state index in [9.17, 15) is 4.79 Å². The lowest BCUT2D eigenvalue weighted by molar-refractivity contribution is -0.123. The average Bonchev–Trinajstić information content (AvgIpc) is 2.44. The second-order valence-electron chi connectivity index (χ2n) is 5.78. The smallest absolute Gasteiger partial charge is 0.234 e. The van der Waals surface area contributed by atoms with E-state index >= 15 is 0 Å². The number of amides is 1. The molecule has 1 aliphatic carbocycles. The fourth-order valence-corrected chi connectivity index (χ4v) is 2.74. The van der Waals surface area contributed by atoms with Gasteiger partial charge in [0.25, 0.3) is 0 Å². The first-order chi connectivity index (χ1) is 9.17. The molecule has 1 amide bonds. The molecule has 0 bridgehead atoms. The van der Waals surface area contributed by atoms with Gasteiger partial charge in [0.2, 0.25) is 5.91 Å². The molecule has 0 spiro atoms. The van der Waals surface area contributed by atoms with E-state index in [1.807, 2.05) is 0 Å². The molecule has 0 radical (unpaired) electrons. The van der Waals surface area contributed by atoms with Crippen molar-refractivity contribution in [1.29, 1.82) is 0 Å². The Morgan fingerprint density at radius 2 is 2.05 bits per heavy atom. The van der Waals surface area contributed by atoms with Crippen LogP contribution in [0.5, 0.6) is 0 Å². The fourth-order valence-electron chi connectivity index (χ4n) is 2.74. The van der Waals surface area contributed by atoms with Crippen LogP contribution in [0.1, 0.15) is 58.8 Å². The van der Waals surface area contributed by atoms with Crippen molar-refractivity contribution < 1.29 is 4.79 Å². The van der Waals surface area contributed by atoms with E-state index in [4.69, 9.17) is 5.73 Å². The molecule has 3 N–H and O–H groups in total. The lowest BCUT2D eigenvalue weighted by Crippen LogP contribution is -2.46. The Bertz CT molecular complexity index is 252. The highest BCUT2D eigenvalue weighted by molar-refractivity contribution is 5.78. The lowest BCUT2D eigenvalue weighted by atomic mass is 9.94. The fraction of sp³-hybridized carbons (Fsp3) is 0.933. The maximum atomic E-state index is 12.0. The summed E-state index contributed by atoms with van der Waals surface area (Å²) in [5.74, 6) is 0.164. The van der Waals surface area contributed by atoms with Crippen LogP contribution in [-0.2, 0) is 4.79 Å². The van der Waals surface area contributed by atoms with Crippen molar-refractivity contribution in [3.8, 4) is 0 Å². The predicted octanol–water partition coefficient (Wildman–Crippen LogP) is 1.88. The van der Waals surface area contributed by atoms with Gasteiger partial charge >= 0.3 is 0 Å². The quantitative estimate of drug-likeness (QED) is 0.707. The molecule has 0 aromatic rings. The summed E-state index contributed by atoms with van der Waals surface area (Å²) in [6.45, 7) is 6.35. The first-order valence-electron chi connectivity index (χ1n) is 7.90. The first kappa shape index (κ1) is 16.4. The van der Waals surface area contributed by atoms with Crippen molar-refractivity contribution in [2.45, 2.75) is 70.9 Å². The maximum absolute atomic E-state index is 12.0. The Kier molecular flexibility index (Phi) is 8.07. The van der Waals surface area contributed by atoms with E-state index in [-0.39, 0.29) is 11.9 Å². The normalized spacial score (nSPS) is 18.5. The van der Waals surface area contributed by atoms with E-state index in [1.54, 1.807) is 0 Å². The van der Waals surface area contributed by atoms with Crippen molar-refractivity contribution in [2.24, 2.45) is 5.73 Å². The summed E-state index contributed by atoms with van der Waals surface area (Å²) < 4.78 is 0. The molecule has 112 valence electrons. The van der Waals surface area contributed by atoms with Crippen molar-refractivity contribution >= 4 is 5.91 Å². The molecule has 0 aromatic heterocycles. The van der Waals surface area contributed by atoms with E-state index in [1.165, 1.54) is 32.1 Å². The zero-order valence-electron chi connectivity index (χ0n) is 12.7. The number of rotatable bonds is 8.